The van der Waals surface area contributed by atoms with Crippen molar-refractivity contribution in [2.75, 3.05) is 0 Å². The second-order valence-electron chi connectivity index (χ2n) is 2.37. The van der Waals surface area contributed by atoms with Crippen LogP contribution in [-0.2, 0) is 4.79 Å². The fourth-order valence-corrected chi connectivity index (χ4v) is 0.633. The quantitative estimate of drug-likeness (QED) is 0.679. The molecule has 0 amide bonds. The minimum Gasteiger partial charge on any atom is -0.321 e. The van der Waals surface area contributed by atoms with Crippen LogP contribution < -0.4 is 5.73 Å². The Balaban J connectivity index is 0. The Morgan fingerprint density at radius 3 is 2.38 bits per heavy atom. The topological polar surface area (TPSA) is 55.5 Å². The lowest BCUT2D eigenvalue weighted by Crippen LogP contribution is -2.28. The molecule has 0 aliphatic heterocycles. The van der Waals surface area contributed by atoms with Crippen LogP contribution in [-0.4, -0.2) is 18.0 Å². The maximum Gasteiger partial charge on any atom is 0.146 e. The Morgan fingerprint density at radius 1 is 1.62 bits per heavy atom. The Kier molecular flexibility index (Phi) is 10.2. The van der Waals surface area contributed by atoms with E-state index in [0.717, 1.165) is 0 Å². The normalized spacial score (nSPS) is 11.8. The largest absolute Gasteiger partial charge is 0.321 e. The van der Waals surface area contributed by atoms with Gasteiger partial charge in [-0.2, -0.15) is 0 Å². The van der Waals surface area contributed by atoms with E-state index in [4.69, 9.17) is 5.73 Å². The lowest BCUT2D eigenvalue weighted by atomic mass is 10.1. The summed E-state index contributed by atoms with van der Waals surface area (Å²) >= 11 is 0. The van der Waals surface area contributed by atoms with Crippen LogP contribution in [0.3, 0.4) is 0 Å². The van der Waals surface area contributed by atoms with Crippen LogP contribution >= 0.6 is 0 Å². The number of rotatable bonds is 4. The molecule has 0 spiro atoms. The predicted molar refractivity (Wildman–Crippen MR) is 57.9 cm³/mol. The van der Waals surface area contributed by atoms with E-state index in [0.29, 0.717) is 12.1 Å². The summed E-state index contributed by atoms with van der Waals surface area (Å²) < 4.78 is 0. The number of carbonyl (C=O) groups is 1. The third-order valence-electron chi connectivity index (χ3n) is 1.29. The Bertz CT molecular complexity index is 185. The zero-order valence-electron chi connectivity index (χ0n) is 9.00. The second kappa shape index (κ2) is 9.13. The van der Waals surface area contributed by atoms with Gasteiger partial charge in [0.2, 0.25) is 0 Å². The number of nitrogens with two attached hydrogens (primary N) is 1. The summed E-state index contributed by atoms with van der Waals surface area (Å²) in [6.07, 6.45) is 2.08. The Morgan fingerprint density at radius 2 is 2.08 bits per heavy atom. The molecule has 0 aromatic rings. The van der Waals surface area contributed by atoms with E-state index in [1.54, 1.807) is 13.1 Å². The van der Waals surface area contributed by atoms with Crippen LogP contribution in [0.4, 0.5) is 0 Å². The molecule has 0 bridgehead atoms. The molecule has 0 aliphatic rings. The molecule has 1 atom stereocenters. The zero-order chi connectivity index (χ0) is 10.9. The van der Waals surface area contributed by atoms with Crippen molar-refractivity contribution in [2.24, 2.45) is 10.7 Å². The van der Waals surface area contributed by atoms with Crippen molar-refractivity contribution in [2.45, 2.75) is 40.2 Å². The highest BCUT2D eigenvalue weighted by molar-refractivity contribution is 5.81. The van der Waals surface area contributed by atoms with Gasteiger partial charge in [-0.05, 0) is 13.8 Å². The third-order valence-corrected chi connectivity index (χ3v) is 1.29. The molecule has 3 heteroatoms. The molecule has 0 saturated heterocycles. The molecule has 0 aliphatic carbocycles. The number of Topliss-reactive ketones (excluding diaryl/α,β-unsaturated/α-hetero) is 1. The van der Waals surface area contributed by atoms with Gasteiger partial charge in [-0.1, -0.05) is 20.4 Å². The van der Waals surface area contributed by atoms with E-state index >= 15 is 0 Å². The van der Waals surface area contributed by atoms with E-state index in [1.165, 1.54) is 6.92 Å². The van der Waals surface area contributed by atoms with Crippen molar-refractivity contribution >= 4 is 12.0 Å². The Labute approximate surface area is 80.7 Å². The number of nitrogens with zero attached hydrogens (tertiary/aromatic N) is 1. The van der Waals surface area contributed by atoms with Gasteiger partial charge in [-0.15, -0.1) is 0 Å². The Hall–Kier alpha value is -0.960. The van der Waals surface area contributed by atoms with Crippen molar-refractivity contribution in [1.29, 1.82) is 0 Å². The number of hydrogen-bond donors (Lipinski definition) is 1. The third kappa shape index (κ3) is 8.95. The summed E-state index contributed by atoms with van der Waals surface area (Å²) in [6.45, 7) is 10.9. The molecule has 0 fully saturated rings. The summed E-state index contributed by atoms with van der Waals surface area (Å²) in [5.74, 6) is -0.0301. The average molecular weight is 184 g/mol. The van der Waals surface area contributed by atoms with Gasteiger partial charge < -0.3 is 5.73 Å². The molecule has 0 heterocycles. The predicted octanol–water partition coefficient (Wildman–Crippen LogP) is 1.92. The summed E-state index contributed by atoms with van der Waals surface area (Å²) in [5, 5.41) is 0. The zero-order valence-corrected chi connectivity index (χ0v) is 9.00. The molecule has 76 valence electrons. The standard InChI is InChI=1S/C8H14N2O.C2H6/c1-4-10-6(2)5-8(9)7(3)11;1-2/h4,8H,2,5,9H2,1,3H3;1-2H3. The SMILES string of the molecule is C=C(CC(N)C(C)=O)N=CC.CC. The van der Waals surface area contributed by atoms with Crippen LogP contribution in [0.5, 0.6) is 0 Å². The fourth-order valence-electron chi connectivity index (χ4n) is 0.633. The van der Waals surface area contributed by atoms with Gasteiger partial charge in [0.15, 0.2) is 0 Å². The smallest absolute Gasteiger partial charge is 0.146 e. The molecule has 0 radical (unpaired) electrons. The van der Waals surface area contributed by atoms with Crippen LogP contribution in [0.1, 0.15) is 34.1 Å². The molecule has 3 nitrogen and oxygen atoms in total. The van der Waals surface area contributed by atoms with Gasteiger partial charge in [0, 0.05) is 18.3 Å². The number of carbonyl (C=O) groups excluding carboxylic acids is 1. The van der Waals surface area contributed by atoms with E-state index in [1.807, 2.05) is 13.8 Å². The van der Waals surface area contributed by atoms with Crippen LogP contribution in [0.15, 0.2) is 17.3 Å². The first-order valence-electron chi connectivity index (χ1n) is 4.50. The van der Waals surface area contributed by atoms with E-state index in [9.17, 15) is 4.79 Å². The number of ketones is 1. The highest BCUT2D eigenvalue weighted by Gasteiger charge is 2.08. The van der Waals surface area contributed by atoms with Crippen molar-refractivity contribution < 1.29 is 4.79 Å². The first kappa shape index (κ1) is 14.6. The number of aliphatic imine (C=N–C) groups is 1. The molecule has 2 N–H and O–H groups in total. The highest BCUT2D eigenvalue weighted by Crippen LogP contribution is 2.02. The van der Waals surface area contributed by atoms with Crippen molar-refractivity contribution in [3.8, 4) is 0 Å². The molecule has 13 heavy (non-hydrogen) atoms. The fraction of sp³-hybridized carbons (Fsp3) is 0.600. The van der Waals surface area contributed by atoms with Crippen LogP contribution in [0, 0.1) is 0 Å². The van der Waals surface area contributed by atoms with Gasteiger partial charge in [0.25, 0.3) is 0 Å². The molecule has 0 rings (SSSR count). The van der Waals surface area contributed by atoms with Gasteiger partial charge in [0.05, 0.1) is 6.04 Å². The minimum absolute atomic E-state index is 0.0301. The van der Waals surface area contributed by atoms with Crippen LogP contribution in [0.2, 0.25) is 0 Å². The maximum absolute atomic E-state index is 10.7. The highest BCUT2D eigenvalue weighted by atomic mass is 16.1. The van der Waals surface area contributed by atoms with Gasteiger partial charge in [-0.3, -0.25) is 9.79 Å². The molecule has 0 aromatic carbocycles. The van der Waals surface area contributed by atoms with Gasteiger partial charge >= 0.3 is 0 Å². The minimum atomic E-state index is -0.453. The first-order chi connectivity index (χ1) is 6.07. The molecule has 1 unspecified atom stereocenters. The van der Waals surface area contributed by atoms with E-state index in [-0.39, 0.29) is 5.78 Å². The van der Waals surface area contributed by atoms with Crippen molar-refractivity contribution in [1.82, 2.24) is 0 Å². The summed E-state index contributed by atoms with van der Waals surface area (Å²) in [5.41, 5.74) is 6.11. The average Bonchev–Trinajstić information content (AvgIpc) is 2.08. The summed E-state index contributed by atoms with van der Waals surface area (Å²) in [6, 6.07) is -0.453. The molecular weight excluding hydrogens is 164 g/mol. The van der Waals surface area contributed by atoms with Gasteiger partial charge in [0.1, 0.15) is 5.78 Å². The molecular formula is C10H20N2O. The van der Waals surface area contributed by atoms with Crippen molar-refractivity contribution in [3.05, 3.63) is 12.3 Å². The molecule has 0 aromatic heterocycles. The van der Waals surface area contributed by atoms with Gasteiger partial charge in [-0.25, -0.2) is 0 Å². The summed E-state index contributed by atoms with van der Waals surface area (Å²) in [4.78, 5) is 14.6. The molecule has 0 saturated carbocycles. The lowest BCUT2D eigenvalue weighted by Gasteiger charge is -2.05. The summed E-state index contributed by atoms with van der Waals surface area (Å²) in [7, 11) is 0. The van der Waals surface area contributed by atoms with E-state index < -0.39 is 6.04 Å². The van der Waals surface area contributed by atoms with E-state index in [2.05, 4.69) is 11.6 Å². The monoisotopic (exact) mass is 184 g/mol. The van der Waals surface area contributed by atoms with Crippen molar-refractivity contribution in [3.63, 3.8) is 0 Å². The number of hydrogen-bond acceptors (Lipinski definition) is 3. The maximum atomic E-state index is 10.7. The lowest BCUT2D eigenvalue weighted by molar-refractivity contribution is -0.118. The van der Waals surface area contributed by atoms with Crippen LogP contribution in [0.25, 0.3) is 0 Å². The first-order valence-corrected chi connectivity index (χ1v) is 4.50. The second-order valence-corrected chi connectivity index (χ2v) is 2.37.